The lowest BCUT2D eigenvalue weighted by atomic mass is 10.2. The Hall–Kier alpha value is -0.850. The first-order chi connectivity index (χ1) is 9.97. The Labute approximate surface area is 145 Å². The molecule has 1 unspecified atom stereocenters. The highest BCUT2D eigenvalue weighted by molar-refractivity contribution is 14.1. The molecule has 1 atom stereocenters. The summed E-state index contributed by atoms with van der Waals surface area (Å²) >= 11 is 14.3. The van der Waals surface area contributed by atoms with Crippen molar-refractivity contribution < 1.29 is 4.39 Å². The summed E-state index contributed by atoms with van der Waals surface area (Å²) in [5.74, 6) is 0.194. The van der Waals surface area contributed by atoms with Crippen molar-refractivity contribution in [1.82, 2.24) is 9.55 Å². The first kappa shape index (κ1) is 15.1. The van der Waals surface area contributed by atoms with E-state index in [0.29, 0.717) is 16.9 Å². The topological polar surface area (TPSA) is 17.8 Å². The van der Waals surface area contributed by atoms with Crippen molar-refractivity contribution in [2.24, 2.45) is 0 Å². The van der Waals surface area contributed by atoms with Crippen LogP contribution in [0.15, 0.2) is 36.4 Å². The van der Waals surface area contributed by atoms with E-state index >= 15 is 0 Å². The summed E-state index contributed by atoms with van der Waals surface area (Å²) in [5.41, 5.74) is 2.18. The first-order valence-electron chi connectivity index (χ1n) is 6.25. The van der Waals surface area contributed by atoms with E-state index in [1.807, 2.05) is 35.8 Å². The summed E-state index contributed by atoms with van der Waals surface area (Å²) in [6, 6.07) is 10.8. The fourth-order valence-corrected chi connectivity index (χ4v) is 3.08. The summed E-state index contributed by atoms with van der Waals surface area (Å²) in [6.07, 6.45) is 0. The third-order valence-corrected chi connectivity index (χ3v) is 4.30. The smallest absolute Gasteiger partial charge is 0.144 e. The highest BCUT2D eigenvalue weighted by Gasteiger charge is 2.18. The Balaban J connectivity index is 2.38. The van der Waals surface area contributed by atoms with E-state index in [9.17, 15) is 4.39 Å². The number of hydrogen-bond acceptors (Lipinski definition) is 1. The fraction of sp³-hybridized carbons (Fsp3) is 0.133. The number of hydrogen-bond donors (Lipinski definition) is 0. The Morgan fingerprint density at radius 2 is 2.05 bits per heavy atom. The van der Waals surface area contributed by atoms with Gasteiger partial charge in [0.1, 0.15) is 11.6 Å². The Morgan fingerprint density at radius 3 is 2.71 bits per heavy atom. The van der Waals surface area contributed by atoms with Crippen molar-refractivity contribution in [3.8, 4) is 5.69 Å². The quantitative estimate of drug-likeness (QED) is 0.372. The van der Waals surface area contributed by atoms with E-state index in [1.165, 1.54) is 12.1 Å². The molecule has 0 N–H and O–H groups in total. The van der Waals surface area contributed by atoms with Gasteiger partial charge in [0.15, 0.2) is 0 Å². The standard InChI is InChI=1S/C15H10Cl2FIN2/c1-8(16)15-20-13-6-11(17)12(18)7-14(13)21(15)10-4-2-3-9(19)5-10/h2-8H,1H3. The van der Waals surface area contributed by atoms with Crippen molar-refractivity contribution in [3.63, 3.8) is 0 Å². The number of halogens is 4. The van der Waals surface area contributed by atoms with Gasteiger partial charge in [0.2, 0.25) is 0 Å². The van der Waals surface area contributed by atoms with Crippen LogP contribution in [0.2, 0.25) is 5.02 Å². The number of rotatable bonds is 2. The lowest BCUT2D eigenvalue weighted by molar-refractivity contribution is 0.629. The zero-order chi connectivity index (χ0) is 15.1. The van der Waals surface area contributed by atoms with Crippen LogP contribution >= 0.6 is 45.8 Å². The second kappa shape index (κ2) is 5.74. The van der Waals surface area contributed by atoms with Crippen LogP contribution in [0.4, 0.5) is 4.39 Å². The van der Waals surface area contributed by atoms with Crippen LogP contribution in [0.3, 0.4) is 0 Å². The highest BCUT2D eigenvalue weighted by Crippen LogP contribution is 2.31. The van der Waals surface area contributed by atoms with Gasteiger partial charge >= 0.3 is 0 Å². The van der Waals surface area contributed by atoms with Crippen molar-refractivity contribution in [1.29, 1.82) is 0 Å². The molecule has 0 aliphatic rings. The zero-order valence-electron chi connectivity index (χ0n) is 10.9. The SMILES string of the molecule is CC(Cl)c1nc2cc(Cl)c(F)cc2n1-c1cccc(I)c1. The molecule has 0 fully saturated rings. The molecule has 3 rings (SSSR count). The van der Waals surface area contributed by atoms with Crippen molar-refractivity contribution in [2.75, 3.05) is 0 Å². The molecule has 0 amide bonds. The monoisotopic (exact) mass is 434 g/mol. The number of fused-ring (bicyclic) bond motifs is 1. The Kier molecular flexibility index (Phi) is 4.12. The van der Waals surface area contributed by atoms with Gasteiger partial charge in [-0.3, -0.25) is 4.57 Å². The number of benzene rings is 2. The summed E-state index contributed by atoms with van der Waals surface area (Å²) in [6.45, 7) is 1.84. The van der Waals surface area contributed by atoms with Gasteiger partial charge in [-0.05, 0) is 53.8 Å². The van der Waals surface area contributed by atoms with Crippen LogP contribution in [0, 0.1) is 9.39 Å². The van der Waals surface area contributed by atoms with Gasteiger partial charge in [0, 0.05) is 15.3 Å². The molecule has 2 aromatic carbocycles. The predicted molar refractivity (Wildman–Crippen MR) is 93.0 cm³/mol. The second-order valence-electron chi connectivity index (χ2n) is 4.66. The van der Waals surface area contributed by atoms with Crippen LogP contribution in [-0.2, 0) is 0 Å². The molecular weight excluding hydrogens is 425 g/mol. The van der Waals surface area contributed by atoms with Gasteiger partial charge in [0.05, 0.1) is 21.4 Å². The normalized spacial score (nSPS) is 12.8. The van der Waals surface area contributed by atoms with Gasteiger partial charge in [-0.1, -0.05) is 17.7 Å². The average molecular weight is 435 g/mol. The maximum Gasteiger partial charge on any atom is 0.144 e. The van der Waals surface area contributed by atoms with Crippen LogP contribution in [0.1, 0.15) is 18.1 Å². The molecule has 108 valence electrons. The van der Waals surface area contributed by atoms with Gasteiger partial charge in [-0.25, -0.2) is 9.37 Å². The van der Waals surface area contributed by atoms with E-state index in [2.05, 4.69) is 27.6 Å². The lowest BCUT2D eigenvalue weighted by Crippen LogP contribution is -2.02. The lowest BCUT2D eigenvalue weighted by Gasteiger charge is -2.11. The molecule has 1 heterocycles. The molecule has 3 aromatic rings. The molecule has 0 radical (unpaired) electrons. The molecule has 0 bridgehead atoms. The van der Waals surface area contributed by atoms with E-state index in [1.54, 1.807) is 0 Å². The highest BCUT2D eigenvalue weighted by atomic mass is 127. The van der Waals surface area contributed by atoms with Crippen LogP contribution < -0.4 is 0 Å². The molecule has 0 saturated carbocycles. The summed E-state index contributed by atoms with van der Waals surface area (Å²) < 4.78 is 16.8. The summed E-state index contributed by atoms with van der Waals surface area (Å²) in [7, 11) is 0. The van der Waals surface area contributed by atoms with Crippen molar-refractivity contribution in [2.45, 2.75) is 12.3 Å². The number of imidazole rings is 1. The molecular formula is C15H10Cl2FIN2. The summed E-state index contributed by atoms with van der Waals surface area (Å²) in [5, 5.41) is -0.249. The number of alkyl halides is 1. The largest absolute Gasteiger partial charge is 0.295 e. The molecule has 0 aliphatic carbocycles. The van der Waals surface area contributed by atoms with Gasteiger partial charge < -0.3 is 0 Å². The fourth-order valence-electron chi connectivity index (χ4n) is 2.24. The molecule has 0 spiro atoms. The second-order valence-corrected chi connectivity index (χ2v) is 6.96. The molecule has 6 heteroatoms. The summed E-state index contributed by atoms with van der Waals surface area (Å²) in [4.78, 5) is 4.50. The molecule has 21 heavy (non-hydrogen) atoms. The molecule has 0 saturated heterocycles. The van der Waals surface area contributed by atoms with Gasteiger partial charge in [-0.15, -0.1) is 11.6 Å². The number of aromatic nitrogens is 2. The Morgan fingerprint density at radius 1 is 1.29 bits per heavy atom. The van der Waals surface area contributed by atoms with E-state index in [0.717, 1.165) is 9.26 Å². The predicted octanol–water partition coefficient (Wildman–Crippen LogP) is 5.72. The van der Waals surface area contributed by atoms with Crippen LogP contribution in [0.25, 0.3) is 16.7 Å². The minimum Gasteiger partial charge on any atom is -0.295 e. The minimum absolute atomic E-state index is 0.0589. The molecule has 1 aromatic heterocycles. The van der Waals surface area contributed by atoms with Crippen molar-refractivity contribution in [3.05, 3.63) is 56.6 Å². The third kappa shape index (κ3) is 2.76. The Bertz CT molecular complexity index is 830. The zero-order valence-corrected chi connectivity index (χ0v) is 14.6. The van der Waals surface area contributed by atoms with E-state index < -0.39 is 5.82 Å². The van der Waals surface area contributed by atoms with Gasteiger partial charge in [0.25, 0.3) is 0 Å². The third-order valence-electron chi connectivity index (χ3n) is 3.14. The maximum atomic E-state index is 13.8. The molecule has 0 aliphatic heterocycles. The van der Waals surface area contributed by atoms with Gasteiger partial charge in [-0.2, -0.15) is 0 Å². The van der Waals surface area contributed by atoms with E-state index in [-0.39, 0.29) is 10.4 Å². The molecule has 2 nitrogen and oxygen atoms in total. The average Bonchev–Trinajstić information content (AvgIpc) is 2.78. The van der Waals surface area contributed by atoms with Crippen LogP contribution in [-0.4, -0.2) is 9.55 Å². The maximum absolute atomic E-state index is 13.8. The first-order valence-corrected chi connectivity index (χ1v) is 8.14. The van der Waals surface area contributed by atoms with Crippen molar-refractivity contribution >= 4 is 56.8 Å². The van der Waals surface area contributed by atoms with Crippen LogP contribution in [0.5, 0.6) is 0 Å². The minimum atomic E-state index is -0.468. The number of nitrogens with zero attached hydrogens (tertiary/aromatic N) is 2. The van der Waals surface area contributed by atoms with E-state index in [4.69, 9.17) is 23.2 Å².